The summed E-state index contributed by atoms with van der Waals surface area (Å²) in [6, 6.07) is 3.99. The van der Waals surface area contributed by atoms with Gasteiger partial charge in [0.1, 0.15) is 0 Å². The van der Waals surface area contributed by atoms with E-state index in [0.29, 0.717) is 5.56 Å². The van der Waals surface area contributed by atoms with Crippen molar-refractivity contribution in [3.05, 3.63) is 34.4 Å². The molecule has 22 heavy (non-hydrogen) atoms. The van der Waals surface area contributed by atoms with Gasteiger partial charge < -0.3 is 9.84 Å². The molecule has 4 atom stereocenters. The van der Waals surface area contributed by atoms with Crippen LogP contribution in [0.2, 0.25) is 0 Å². The molecule has 0 radical (unpaired) electrons. The molecule has 0 amide bonds. The van der Waals surface area contributed by atoms with Crippen LogP contribution in [0.4, 0.5) is 0 Å². The molecule has 0 bridgehead atoms. The van der Waals surface area contributed by atoms with Crippen LogP contribution in [-0.2, 0) is 9.57 Å². The van der Waals surface area contributed by atoms with Crippen LogP contribution in [-0.4, -0.2) is 34.0 Å². The molecular formula is C16H23NO4S. The molecule has 1 aliphatic heterocycles. The van der Waals surface area contributed by atoms with Crippen molar-refractivity contribution < 1.29 is 19.5 Å². The van der Waals surface area contributed by atoms with Crippen molar-refractivity contribution in [3.63, 3.8) is 0 Å². The molecule has 0 aromatic heterocycles. The molecule has 0 spiro atoms. The van der Waals surface area contributed by atoms with Crippen molar-refractivity contribution in [1.29, 1.82) is 0 Å². The second-order valence-corrected chi connectivity index (χ2v) is 7.00. The fourth-order valence-electron chi connectivity index (χ4n) is 2.96. The van der Waals surface area contributed by atoms with E-state index in [1.54, 1.807) is 0 Å². The van der Waals surface area contributed by atoms with E-state index in [2.05, 4.69) is 4.84 Å². The van der Waals surface area contributed by atoms with E-state index in [1.165, 1.54) is 0 Å². The molecule has 6 heteroatoms. The number of thioether (sulfide) groups is 1. The highest BCUT2D eigenvalue weighted by Crippen LogP contribution is 2.33. The average molecular weight is 325 g/mol. The molecule has 2 rings (SSSR count). The summed E-state index contributed by atoms with van der Waals surface area (Å²) in [5.74, 6) is 5.11. The number of nitrogens with two attached hydrogens (primary N) is 1. The lowest BCUT2D eigenvalue weighted by Crippen LogP contribution is -2.47. The lowest BCUT2D eigenvalue weighted by molar-refractivity contribution is -0.210. The van der Waals surface area contributed by atoms with Gasteiger partial charge in [0.05, 0.1) is 17.5 Å². The molecule has 1 saturated heterocycles. The maximum Gasteiger partial charge on any atom is 0.220 e. The number of aryl methyl sites for hydroxylation is 3. The summed E-state index contributed by atoms with van der Waals surface area (Å²) in [5.41, 5.74) is 3.76. The van der Waals surface area contributed by atoms with E-state index in [-0.39, 0.29) is 22.9 Å². The third kappa shape index (κ3) is 3.70. The normalized spacial score (nSPS) is 28.6. The van der Waals surface area contributed by atoms with Crippen LogP contribution in [0, 0.1) is 20.8 Å². The van der Waals surface area contributed by atoms with Crippen molar-refractivity contribution in [2.45, 2.75) is 57.9 Å². The molecule has 1 aromatic rings. The topological polar surface area (TPSA) is 81.8 Å². The molecule has 0 unspecified atom stereocenters. The number of hydrogen-bond acceptors (Lipinski definition) is 6. The number of aliphatic hydroxyl groups excluding tert-OH is 1. The van der Waals surface area contributed by atoms with Gasteiger partial charge in [-0.15, -0.1) is 0 Å². The predicted octanol–water partition coefficient (Wildman–Crippen LogP) is 2.24. The summed E-state index contributed by atoms with van der Waals surface area (Å²) in [6.07, 6.45) is -1.38. The number of carbonyl (C=O) groups excluding carboxylic acids is 1. The molecule has 1 aliphatic rings. The van der Waals surface area contributed by atoms with E-state index in [4.69, 9.17) is 10.6 Å². The first-order valence-corrected chi connectivity index (χ1v) is 8.19. The van der Waals surface area contributed by atoms with Crippen molar-refractivity contribution in [1.82, 2.24) is 0 Å². The summed E-state index contributed by atoms with van der Waals surface area (Å²) in [7, 11) is 0. The molecule has 5 nitrogen and oxygen atoms in total. The Kier molecular flexibility index (Phi) is 5.63. The fourth-order valence-corrected chi connectivity index (χ4v) is 4.17. The van der Waals surface area contributed by atoms with Crippen LogP contribution >= 0.6 is 11.8 Å². The number of carbonyl (C=O) groups is 1. The standard InChI is InChI=1S/C16H23NO4S/c1-8-5-9(2)14(10(3)6-8)16(19)22-15-11(4)20-13(21-17)7-12(15)18/h5-6,11-13,15,18H,7,17H2,1-4H3/t11-,12+,13+,15-/m1/s1. The van der Waals surface area contributed by atoms with Gasteiger partial charge in [-0.3, -0.25) is 9.63 Å². The fraction of sp³-hybridized carbons (Fsp3) is 0.562. The Morgan fingerprint density at radius 2 is 1.95 bits per heavy atom. The maximum atomic E-state index is 12.6. The maximum absolute atomic E-state index is 12.6. The van der Waals surface area contributed by atoms with E-state index < -0.39 is 12.4 Å². The Morgan fingerprint density at radius 3 is 2.45 bits per heavy atom. The number of aliphatic hydroxyl groups is 1. The molecule has 0 aliphatic carbocycles. The highest BCUT2D eigenvalue weighted by Gasteiger charge is 2.38. The Morgan fingerprint density at radius 1 is 1.36 bits per heavy atom. The summed E-state index contributed by atoms with van der Waals surface area (Å²) in [4.78, 5) is 17.3. The zero-order valence-electron chi connectivity index (χ0n) is 13.3. The van der Waals surface area contributed by atoms with Gasteiger partial charge in [-0.25, -0.2) is 5.90 Å². The molecular weight excluding hydrogens is 302 g/mol. The average Bonchev–Trinajstić information content (AvgIpc) is 2.41. The van der Waals surface area contributed by atoms with Gasteiger partial charge in [0.2, 0.25) is 5.12 Å². The molecule has 3 N–H and O–H groups in total. The lowest BCUT2D eigenvalue weighted by Gasteiger charge is -2.36. The van der Waals surface area contributed by atoms with E-state index in [9.17, 15) is 9.90 Å². The van der Waals surface area contributed by atoms with Gasteiger partial charge in [-0.2, -0.15) is 0 Å². The van der Waals surface area contributed by atoms with Crippen LogP contribution in [0.1, 0.15) is 40.4 Å². The minimum absolute atomic E-state index is 0.0402. The smallest absolute Gasteiger partial charge is 0.220 e. The third-order valence-electron chi connectivity index (χ3n) is 3.92. The third-order valence-corrected chi connectivity index (χ3v) is 5.31. The zero-order chi connectivity index (χ0) is 16.4. The minimum atomic E-state index is -0.697. The number of hydrogen-bond donors (Lipinski definition) is 2. The second kappa shape index (κ2) is 7.10. The first-order valence-electron chi connectivity index (χ1n) is 7.31. The molecule has 0 saturated carbocycles. The zero-order valence-corrected chi connectivity index (χ0v) is 14.1. The van der Waals surface area contributed by atoms with Crippen LogP contribution in [0.25, 0.3) is 0 Å². The van der Waals surface area contributed by atoms with Gasteiger partial charge >= 0.3 is 0 Å². The summed E-state index contributed by atoms with van der Waals surface area (Å²) in [5, 5.41) is 9.86. The van der Waals surface area contributed by atoms with Crippen molar-refractivity contribution >= 4 is 16.9 Å². The van der Waals surface area contributed by atoms with Gasteiger partial charge in [-0.1, -0.05) is 29.5 Å². The molecule has 1 heterocycles. The van der Waals surface area contributed by atoms with Gasteiger partial charge in [0, 0.05) is 12.0 Å². The first-order chi connectivity index (χ1) is 10.3. The summed E-state index contributed by atoms with van der Waals surface area (Å²) < 4.78 is 5.55. The van der Waals surface area contributed by atoms with Crippen molar-refractivity contribution in [2.75, 3.05) is 0 Å². The first kappa shape index (κ1) is 17.4. The molecule has 122 valence electrons. The van der Waals surface area contributed by atoms with E-state index >= 15 is 0 Å². The summed E-state index contributed by atoms with van der Waals surface area (Å²) in [6.45, 7) is 7.69. The minimum Gasteiger partial charge on any atom is -0.392 e. The summed E-state index contributed by atoms with van der Waals surface area (Å²) >= 11 is 1.13. The SMILES string of the molecule is Cc1cc(C)c(C(=O)S[C@H]2[C@@H](O)C[C@H](ON)O[C@@H]2C)c(C)c1. The Balaban J connectivity index is 2.15. The van der Waals surface area contributed by atoms with Gasteiger partial charge in [-0.05, 0) is 38.8 Å². The predicted molar refractivity (Wildman–Crippen MR) is 86.6 cm³/mol. The second-order valence-electron chi connectivity index (χ2n) is 5.85. The Bertz CT molecular complexity index is 528. The quantitative estimate of drug-likeness (QED) is 0.830. The van der Waals surface area contributed by atoms with Gasteiger partial charge in [0.25, 0.3) is 0 Å². The molecule has 1 fully saturated rings. The largest absolute Gasteiger partial charge is 0.392 e. The highest BCUT2D eigenvalue weighted by atomic mass is 32.2. The van der Waals surface area contributed by atoms with Crippen LogP contribution < -0.4 is 5.90 Å². The highest BCUT2D eigenvalue weighted by molar-refractivity contribution is 8.14. The monoisotopic (exact) mass is 325 g/mol. The number of ether oxygens (including phenoxy) is 1. The number of benzene rings is 1. The van der Waals surface area contributed by atoms with E-state index in [0.717, 1.165) is 28.5 Å². The van der Waals surface area contributed by atoms with Crippen molar-refractivity contribution in [3.8, 4) is 0 Å². The molecule has 1 aromatic carbocycles. The van der Waals surface area contributed by atoms with Gasteiger partial charge in [0.15, 0.2) is 6.29 Å². The van der Waals surface area contributed by atoms with Crippen LogP contribution in [0.5, 0.6) is 0 Å². The number of rotatable bonds is 3. The Hall–Kier alpha value is -0.920. The van der Waals surface area contributed by atoms with Crippen LogP contribution in [0.3, 0.4) is 0 Å². The van der Waals surface area contributed by atoms with Crippen LogP contribution in [0.15, 0.2) is 12.1 Å². The van der Waals surface area contributed by atoms with E-state index in [1.807, 2.05) is 39.8 Å². The van der Waals surface area contributed by atoms with Crippen molar-refractivity contribution in [2.24, 2.45) is 5.90 Å². The Labute approximate surface area is 135 Å². The lowest BCUT2D eigenvalue weighted by atomic mass is 10.0.